The summed E-state index contributed by atoms with van der Waals surface area (Å²) in [4.78, 5) is 13.3. The zero-order valence-corrected chi connectivity index (χ0v) is 13.7. The fourth-order valence-electron chi connectivity index (χ4n) is 2.48. The van der Waals surface area contributed by atoms with E-state index in [1.165, 1.54) is 0 Å². The van der Waals surface area contributed by atoms with Crippen LogP contribution >= 0.6 is 11.8 Å². The number of carbonyl (C=O) groups is 1. The molecule has 0 fully saturated rings. The summed E-state index contributed by atoms with van der Waals surface area (Å²) < 4.78 is 1.87. The molecule has 1 unspecified atom stereocenters. The maximum atomic E-state index is 12.7. The number of hydrogen-bond donors (Lipinski definition) is 0. The van der Waals surface area contributed by atoms with Crippen LogP contribution in [0.15, 0.2) is 84.0 Å². The van der Waals surface area contributed by atoms with Crippen LogP contribution in [0, 0.1) is 0 Å². The largest absolute Gasteiger partial charge is 0.294 e. The van der Waals surface area contributed by atoms with Gasteiger partial charge in [-0.25, -0.2) is 0 Å². The van der Waals surface area contributed by atoms with Crippen LogP contribution in [0.25, 0.3) is 0 Å². The molecule has 0 saturated carbocycles. The fourth-order valence-corrected chi connectivity index (χ4v) is 3.68. The quantitative estimate of drug-likeness (QED) is 0.490. The first-order chi connectivity index (χ1) is 11.2. The number of Topliss-reactive ketones (excluding diaryl/α,β-unsaturated/α-hetero) is 1. The Morgan fingerprint density at radius 2 is 1.70 bits per heavy atom. The van der Waals surface area contributed by atoms with Crippen LogP contribution in [0.5, 0.6) is 0 Å². The second-order valence-corrected chi connectivity index (χ2v) is 7.06. The molecular formula is C19H18N2OS. The average Bonchev–Trinajstić information content (AvgIpc) is 3.12. The zero-order chi connectivity index (χ0) is 16.1. The highest BCUT2D eigenvalue weighted by molar-refractivity contribution is 8.00. The molecule has 116 valence electrons. The predicted molar refractivity (Wildman–Crippen MR) is 93.6 cm³/mol. The number of aromatic nitrogens is 2. The number of ketones is 1. The van der Waals surface area contributed by atoms with Crippen molar-refractivity contribution in [2.24, 2.45) is 0 Å². The standard InChI is InChI=1S/C19H18N2OS/c1-19(21-14-8-13-20-21,23-17-11-6-3-7-12-17)15-18(22)16-9-4-2-5-10-16/h2-14H,15H2,1H3. The number of hydrogen-bond acceptors (Lipinski definition) is 3. The third kappa shape index (κ3) is 3.71. The number of benzene rings is 2. The highest BCUT2D eigenvalue weighted by atomic mass is 32.2. The second kappa shape index (κ2) is 6.84. The van der Waals surface area contributed by atoms with Crippen molar-refractivity contribution in [1.29, 1.82) is 0 Å². The van der Waals surface area contributed by atoms with Gasteiger partial charge in [0, 0.05) is 29.3 Å². The van der Waals surface area contributed by atoms with Gasteiger partial charge in [0.1, 0.15) is 4.87 Å². The van der Waals surface area contributed by atoms with Gasteiger partial charge in [-0.3, -0.25) is 9.48 Å². The Morgan fingerprint density at radius 1 is 1.04 bits per heavy atom. The monoisotopic (exact) mass is 322 g/mol. The molecule has 0 aliphatic rings. The summed E-state index contributed by atoms with van der Waals surface area (Å²) >= 11 is 1.65. The molecule has 0 aliphatic heterocycles. The molecule has 4 heteroatoms. The van der Waals surface area contributed by atoms with E-state index in [2.05, 4.69) is 24.2 Å². The van der Waals surface area contributed by atoms with Crippen molar-refractivity contribution in [2.45, 2.75) is 23.1 Å². The van der Waals surface area contributed by atoms with E-state index in [4.69, 9.17) is 0 Å². The Morgan fingerprint density at radius 3 is 2.30 bits per heavy atom. The Labute approximate surface area is 140 Å². The van der Waals surface area contributed by atoms with Gasteiger partial charge in [-0.15, -0.1) is 0 Å². The molecule has 0 saturated heterocycles. The number of thioether (sulfide) groups is 1. The zero-order valence-electron chi connectivity index (χ0n) is 12.9. The van der Waals surface area contributed by atoms with Crippen LogP contribution in [0.2, 0.25) is 0 Å². The lowest BCUT2D eigenvalue weighted by molar-refractivity contribution is 0.0955. The molecule has 0 radical (unpaired) electrons. The average molecular weight is 322 g/mol. The van der Waals surface area contributed by atoms with Crippen LogP contribution in [-0.4, -0.2) is 15.6 Å². The minimum absolute atomic E-state index is 0.118. The maximum absolute atomic E-state index is 12.7. The molecule has 3 rings (SSSR count). The summed E-state index contributed by atoms with van der Waals surface area (Å²) in [5, 5.41) is 4.37. The Balaban J connectivity index is 1.88. The molecule has 1 atom stereocenters. The number of rotatable bonds is 6. The van der Waals surface area contributed by atoms with Crippen LogP contribution in [0.4, 0.5) is 0 Å². The van der Waals surface area contributed by atoms with E-state index in [1.807, 2.05) is 65.5 Å². The number of carbonyl (C=O) groups excluding carboxylic acids is 1. The third-order valence-corrected chi connectivity index (χ3v) is 4.93. The van der Waals surface area contributed by atoms with Gasteiger partial charge in [0.25, 0.3) is 0 Å². The molecule has 0 bridgehead atoms. The van der Waals surface area contributed by atoms with Crippen molar-refractivity contribution >= 4 is 17.5 Å². The smallest absolute Gasteiger partial charge is 0.166 e. The molecule has 0 aliphatic carbocycles. The van der Waals surface area contributed by atoms with Crippen molar-refractivity contribution in [1.82, 2.24) is 9.78 Å². The minimum atomic E-state index is -0.474. The van der Waals surface area contributed by atoms with Crippen molar-refractivity contribution in [3.05, 3.63) is 84.7 Å². The maximum Gasteiger partial charge on any atom is 0.166 e. The van der Waals surface area contributed by atoms with Gasteiger partial charge in [-0.2, -0.15) is 5.10 Å². The molecule has 23 heavy (non-hydrogen) atoms. The normalized spacial score (nSPS) is 13.4. The van der Waals surface area contributed by atoms with E-state index in [9.17, 15) is 4.79 Å². The molecular weight excluding hydrogens is 304 g/mol. The molecule has 1 aromatic heterocycles. The minimum Gasteiger partial charge on any atom is -0.294 e. The lowest BCUT2D eigenvalue weighted by Crippen LogP contribution is -2.30. The first-order valence-electron chi connectivity index (χ1n) is 7.50. The van der Waals surface area contributed by atoms with Crippen LogP contribution in [0.3, 0.4) is 0 Å². The van der Waals surface area contributed by atoms with E-state index in [0.717, 1.165) is 10.5 Å². The topological polar surface area (TPSA) is 34.9 Å². The first kappa shape index (κ1) is 15.6. The highest BCUT2D eigenvalue weighted by Crippen LogP contribution is 2.39. The van der Waals surface area contributed by atoms with Gasteiger partial charge < -0.3 is 0 Å². The van der Waals surface area contributed by atoms with Gasteiger partial charge in [0.2, 0.25) is 0 Å². The van der Waals surface area contributed by atoms with E-state index in [-0.39, 0.29) is 5.78 Å². The molecule has 0 N–H and O–H groups in total. The Hall–Kier alpha value is -2.33. The van der Waals surface area contributed by atoms with Crippen LogP contribution in [0.1, 0.15) is 23.7 Å². The van der Waals surface area contributed by atoms with E-state index >= 15 is 0 Å². The van der Waals surface area contributed by atoms with Gasteiger partial charge >= 0.3 is 0 Å². The van der Waals surface area contributed by atoms with Crippen molar-refractivity contribution in [2.75, 3.05) is 0 Å². The fraction of sp³-hybridized carbons (Fsp3) is 0.158. The van der Waals surface area contributed by atoms with Gasteiger partial charge in [0.15, 0.2) is 5.78 Å². The van der Waals surface area contributed by atoms with Gasteiger partial charge in [-0.05, 0) is 25.1 Å². The molecule has 3 nitrogen and oxygen atoms in total. The van der Waals surface area contributed by atoms with Gasteiger partial charge in [-0.1, -0.05) is 60.3 Å². The summed E-state index contributed by atoms with van der Waals surface area (Å²) in [6, 6.07) is 21.4. The molecule has 2 aromatic carbocycles. The van der Waals surface area contributed by atoms with Crippen LogP contribution in [-0.2, 0) is 4.87 Å². The van der Waals surface area contributed by atoms with Gasteiger partial charge in [0.05, 0.1) is 0 Å². The summed E-state index contributed by atoms with van der Waals surface area (Å²) in [6.45, 7) is 2.05. The molecule has 0 amide bonds. The van der Waals surface area contributed by atoms with Crippen molar-refractivity contribution < 1.29 is 4.79 Å². The molecule has 0 spiro atoms. The summed E-state index contributed by atoms with van der Waals surface area (Å²) in [7, 11) is 0. The lowest BCUT2D eigenvalue weighted by atomic mass is 10.0. The summed E-state index contributed by atoms with van der Waals surface area (Å²) in [6.07, 6.45) is 4.03. The Kier molecular flexibility index (Phi) is 4.63. The highest BCUT2D eigenvalue weighted by Gasteiger charge is 2.31. The van der Waals surface area contributed by atoms with E-state index < -0.39 is 4.87 Å². The Bertz CT molecular complexity index is 757. The molecule has 1 heterocycles. The SMILES string of the molecule is CC(CC(=O)c1ccccc1)(Sc1ccccc1)n1cccn1. The van der Waals surface area contributed by atoms with E-state index in [0.29, 0.717) is 6.42 Å². The number of nitrogens with zero attached hydrogens (tertiary/aromatic N) is 2. The van der Waals surface area contributed by atoms with Crippen molar-refractivity contribution in [3.63, 3.8) is 0 Å². The first-order valence-corrected chi connectivity index (χ1v) is 8.31. The lowest BCUT2D eigenvalue weighted by Gasteiger charge is -2.29. The second-order valence-electron chi connectivity index (χ2n) is 5.51. The van der Waals surface area contributed by atoms with Crippen LogP contribution < -0.4 is 0 Å². The summed E-state index contributed by atoms with van der Waals surface area (Å²) in [5.41, 5.74) is 0.736. The predicted octanol–water partition coefficient (Wildman–Crippen LogP) is 4.62. The molecule has 3 aromatic rings. The van der Waals surface area contributed by atoms with Crippen molar-refractivity contribution in [3.8, 4) is 0 Å². The summed E-state index contributed by atoms with van der Waals surface area (Å²) in [5.74, 6) is 0.118. The van der Waals surface area contributed by atoms with E-state index in [1.54, 1.807) is 18.0 Å². The third-order valence-electron chi connectivity index (χ3n) is 3.65.